The van der Waals surface area contributed by atoms with Crippen molar-refractivity contribution < 1.29 is 4.42 Å². The zero-order valence-electron chi connectivity index (χ0n) is 26.1. The van der Waals surface area contributed by atoms with Crippen molar-refractivity contribution in [1.29, 1.82) is 0 Å². The van der Waals surface area contributed by atoms with E-state index in [-0.39, 0.29) is 0 Å². The maximum absolute atomic E-state index is 6.05. The number of aromatic nitrogens is 3. The first-order valence-electron chi connectivity index (χ1n) is 15.8. The van der Waals surface area contributed by atoms with Gasteiger partial charge in [-0.05, 0) is 80.8 Å². The molecule has 0 radical (unpaired) electrons. The average Bonchev–Trinajstić information content (AvgIpc) is 3.62. The predicted molar refractivity (Wildman–Crippen MR) is 187 cm³/mol. The van der Waals surface area contributed by atoms with E-state index < -0.39 is 0 Å². The monoisotopic (exact) mass is 585 g/mol. The highest BCUT2D eigenvalue weighted by Gasteiger charge is 2.21. The number of fused-ring (bicyclic) bond motifs is 5. The molecule has 45 heavy (non-hydrogen) atoms. The van der Waals surface area contributed by atoms with Gasteiger partial charge in [0, 0.05) is 22.5 Å². The lowest BCUT2D eigenvalue weighted by Crippen LogP contribution is -2.11. The van der Waals surface area contributed by atoms with Crippen LogP contribution in [0.25, 0.3) is 66.4 Å². The second kappa shape index (κ2) is 10.7. The van der Waals surface area contributed by atoms with Crippen LogP contribution in [0.5, 0.6) is 0 Å². The van der Waals surface area contributed by atoms with Crippen LogP contribution in [0, 0.1) is 0 Å². The molecular formula is C41H35N3O. The Morgan fingerprint density at radius 1 is 0.644 bits per heavy atom. The molecule has 3 aromatic heterocycles. The third-order valence-electron chi connectivity index (χ3n) is 9.11. The van der Waals surface area contributed by atoms with Gasteiger partial charge < -0.3 is 8.98 Å². The quantitative estimate of drug-likeness (QED) is 0.195. The van der Waals surface area contributed by atoms with Crippen LogP contribution >= 0.6 is 0 Å². The normalized spacial score (nSPS) is 12.0. The first-order chi connectivity index (χ1) is 21.9. The molecule has 0 aliphatic carbocycles. The third-order valence-corrected chi connectivity index (χ3v) is 9.11. The van der Waals surface area contributed by atoms with Gasteiger partial charge in [-0.1, -0.05) is 107 Å². The van der Waals surface area contributed by atoms with E-state index in [2.05, 4.69) is 123 Å². The van der Waals surface area contributed by atoms with Crippen LogP contribution in [0.2, 0.25) is 0 Å². The summed E-state index contributed by atoms with van der Waals surface area (Å²) in [5.74, 6) is 1.62. The third kappa shape index (κ3) is 4.69. The molecule has 220 valence electrons. The van der Waals surface area contributed by atoms with Gasteiger partial charge >= 0.3 is 0 Å². The lowest BCUT2D eigenvalue weighted by Gasteiger charge is -2.23. The van der Waals surface area contributed by atoms with Crippen molar-refractivity contribution in [3.05, 3.63) is 132 Å². The molecule has 5 aromatic carbocycles. The maximum atomic E-state index is 6.05. The molecule has 0 saturated heterocycles. The Labute approximate surface area is 263 Å². The summed E-state index contributed by atoms with van der Waals surface area (Å²) in [5, 5.41) is 4.61. The molecule has 0 aliphatic heterocycles. The van der Waals surface area contributed by atoms with Crippen molar-refractivity contribution in [3.63, 3.8) is 0 Å². The molecule has 0 bridgehead atoms. The van der Waals surface area contributed by atoms with Crippen molar-refractivity contribution in [2.45, 2.75) is 46.1 Å². The van der Waals surface area contributed by atoms with E-state index in [0.717, 1.165) is 45.3 Å². The topological polar surface area (TPSA) is 43.9 Å². The molecule has 4 heteroatoms. The van der Waals surface area contributed by atoms with E-state index in [9.17, 15) is 0 Å². The maximum Gasteiger partial charge on any atom is 0.227 e. The molecule has 4 nitrogen and oxygen atoms in total. The molecule has 0 N–H and O–H groups in total. The van der Waals surface area contributed by atoms with Gasteiger partial charge in [0.1, 0.15) is 11.4 Å². The smallest absolute Gasteiger partial charge is 0.227 e. The molecule has 8 aromatic rings. The van der Waals surface area contributed by atoms with Gasteiger partial charge in [0.2, 0.25) is 5.71 Å². The second-order valence-electron chi connectivity index (χ2n) is 12.7. The van der Waals surface area contributed by atoms with Crippen molar-refractivity contribution in [1.82, 2.24) is 14.5 Å². The van der Waals surface area contributed by atoms with Crippen molar-refractivity contribution in [2.75, 3.05) is 0 Å². The highest BCUT2D eigenvalue weighted by molar-refractivity contribution is 6.04. The van der Waals surface area contributed by atoms with Crippen LogP contribution in [0.15, 0.2) is 120 Å². The van der Waals surface area contributed by atoms with Gasteiger partial charge in [-0.3, -0.25) is 0 Å². The van der Waals surface area contributed by atoms with Gasteiger partial charge in [-0.25, -0.2) is 9.97 Å². The number of para-hydroxylation sites is 3. The number of pyridine rings is 1. The molecule has 0 spiro atoms. The van der Waals surface area contributed by atoms with Gasteiger partial charge in [-0.2, -0.15) is 0 Å². The highest BCUT2D eigenvalue weighted by Crippen LogP contribution is 2.37. The van der Waals surface area contributed by atoms with Crippen LogP contribution in [0.3, 0.4) is 0 Å². The van der Waals surface area contributed by atoms with Crippen LogP contribution in [-0.4, -0.2) is 14.5 Å². The molecule has 8 rings (SSSR count). The zero-order chi connectivity index (χ0) is 30.7. The summed E-state index contributed by atoms with van der Waals surface area (Å²) < 4.78 is 8.42. The average molecular weight is 586 g/mol. The minimum atomic E-state index is 0.353. The van der Waals surface area contributed by atoms with E-state index in [1.165, 1.54) is 38.6 Å². The Morgan fingerprint density at radius 2 is 1.36 bits per heavy atom. The first-order valence-corrected chi connectivity index (χ1v) is 15.8. The zero-order valence-corrected chi connectivity index (χ0v) is 26.1. The van der Waals surface area contributed by atoms with Gasteiger partial charge in [-0.15, -0.1) is 0 Å². The SMILES string of the molecule is CC(C)c1cc(-c2ccc3ccccc3c2)cc(C(C)C)c1Cn1c(-c2cnc3oc4ccccc4c3c2)nc2ccccc21. The lowest BCUT2D eigenvalue weighted by molar-refractivity contribution is 0.654. The van der Waals surface area contributed by atoms with Gasteiger partial charge in [0.15, 0.2) is 0 Å². The Hall–Kier alpha value is -5.22. The van der Waals surface area contributed by atoms with E-state index in [4.69, 9.17) is 14.4 Å². The summed E-state index contributed by atoms with van der Waals surface area (Å²) in [7, 11) is 0. The summed E-state index contributed by atoms with van der Waals surface area (Å²) >= 11 is 0. The fourth-order valence-electron chi connectivity index (χ4n) is 6.81. The van der Waals surface area contributed by atoms with Crippen molar-refractivity contribution in [3.8, 4) is 22.5 Å². The van der Waals surface area contributed by atoms with Gasteiger partial charge in [0.25, 0.3) is 0 Å². The predicted octanol–water partition coefficient (Wildman–Crippen LogP) is 11.1. The van der Waals surface area contributed by atoms with E-state index in [1.54, 1.807) is 0 Å². The van der Waals surface area contributed by atoms with Crippen molar-refractivity contribution in [2.24, 2.45) is 0 Å². The Balaban J connectivity index is 1.31. The lowest BCUT2D eigenvalue weighted by atomic mass is 9.85. The summed E-state index contributed by atoms with van der Waals surface area (Å²) in [6, 6.07) is 39.0. The molecule has 0 aliphatic rings. The number of rotatable bonds is 6. The molecule has 0 amide bonds. The Bertz CT molecular complexity index is 2340. The number of furan rings is 1. The van der Waals surface area contributed by atoms with E-state index in [1.807, 2.05) is 24.4 Å². The largest absolute Gasteiger partial charge is 0.438 e. The van der Waals surface area contributed by atoms with Crippen LogP contribution in [0.4, 0.5) is 0 Å². The minimum absolute atomic E-state index is 0.353. The molecule has 3 heterocycles. The molecular weight excluding hydrogens is 550 g/mol. The standard InChI is InChI=1S/C41H35N3O/c1-25(2)33-20-30(29-18-17-27-11-5-6-12-28(27)19-29)21-34(26(3)4)36(33)24-44-38-15-9-8-14-37(38)43-40(44)31-22-35-32-13-7-10-16-39(32)45-41(35)42-23-31/h5-23,25-26H,24H2,1-4H3. The van der Waals surface area contributed by atoms with Gasteiger partial charge in [0.05, 0.1) is 17.6 Å². The second-order valence-corrected chi connectivity index (χ2v) is 12.7. The summed E-state index contributed by atoms with van der Waals surface area (Å²) in [6.07, 6.45) is 1.90. The molecule has 0 saturated carbocycles. The summed E-state index contributed by atoms with van der Waals surface area (Å²) in [5.41, 5.74) is 11.2. The van der Waals surface area contributed by atoms with Crippen LogP contribution in [0.1, 0.15) is 56.2 Å². The highest BCUT2D eigenvalue weighted by atomic mass is 16.3. The number of hydrogen-bond acceptors (Lipinski definition) is 3. The molecule has 0 atom stereocenters. The Morgan fingerprint density at radius 3 is 2.16 bits per heavy atom. The van der Waals surface area contributed by atoms with E-state index >= 15 is 0 Å². The number of benzene rings is 5. The Kier molecular flexibility index (Phi) is 6.53. The summed E-state index contributed by atoms with van der Waals surface area (Å²) in [4.78, 5) is 9.94. The number of nitrogens with zero attached hydrogens (tertiary/aromatic N) is 3. The molecule has 0 unspecified atom stereocenters. The van der Waals surface area contributed by atoms with E-state index in [0.29, 0.717) is 17.5 Å². The fourth-order valence-corrected chi connectivity index (χ4v) is 6.81. The minimum Gasteiger partial charge on any atom is -0.438 e. The number of imidazole rings is 1. The fraction of sp³-hybridized carbons (Fsp3) is 0.171. The van der Waals surface area contributed by atoms with Crippen LogP contribution < -0.4 is 0 Å². The van der Waals surface area contributed by atoms with Crippen LogP contribution in [-0.2, 0) is 6.54 Å². The number of hydrogen-bond donors (Lipinski definition) is 0. The van der Waals surface area contributed by atoms with Crippen molar-refractivity contribution >= 4 is 43.9 Å². The molecule has 0 fully saturated rings. The summed E-state index contributed by atoms with van der Waals surface area (Å²) in [6.45, 7) is 9.95. The first kappa shape index (κ1) is 27.3.